The number of nitrogens with zero attached hydrogens (tertiary/aromatic N) is 2. The third-order valence-electron chi connectivity index (χ3n) is 4.44. The summed E-state index contributed by atoms with van der Waals surface area (Å²) < 4.78 is 0. The molecule has 0 aliphatic carbocycles. The maximum atomic E-state index is 12.6. The van der Waals surface area contributed by atoms with E-state index in [1.165, 1.54) is 0 Å². The predicted octanol–water partition coefficient (Wildman–Crippen LogP) is 7.06. The van der Waals surface area contributed by atoms with Gasteiger partial charge < -0.3 is 5.32 Å². The van der Waals surface area contributed by atoms with Crippen molar-refractivity contribution in [3.05, 3.63) is 115 Å². The zero-order valence-electron chi connectivity index (χ0n) is 15.7. The molecule has 4 heteroatoms. The number of azo groups is 1. The molecule has 0 aliphatic heterocycles. The van der Waals surface area contributed by atoms with Crippen molar-refractivity contribution in [2.24, 2.45) is 10.2 Å². The minimum Gasteiger partial charge on any atom is -0.362 e. The molecule has 0 heterocycles. The van der Waals surface area contributed by atoms with Crippen molar-refractivity contribution in [2.45, 2.75) is 0 Å². The third-order valence-corrected chi connectivity index (χ3v) is 4.44. The summed E-state index contributed by atoms with van der Waals surface area (Å²) in [5.41, 5.74) is 3.13. The third kappa shape index (κ3) is 4.62. The van der Waals surface area contributed by atoms with Crippen molar-refractivity contribution in [1.82, 2.24) is 0 Å². The fourth-order valence-corrected chi connectivity index (χ4v) is 2.98. The summed E-state index contributed by atoms with van der Waals surface area (Å²) in [5, 5.41) is 13.5. The first-order valence-electron chi connectivity index (χ1n) is 9.32. The molecule has 0 saturated heterocycles. The number of carbonyl (C=O) groups excluding carboxylic acids is 1. The van der Waals surface area contributed by atoms with E-state index in [-0.39, 0.29) is 5.78 Å². The van der Waals surface area contributed by atoms with Crippen LogP contribution in [0.25, 0.3) is 10.8 Å². The van der Waals surface area contributed by atoms with Crippen molar-refractivity contribution in [3.8, 4) is 0 Å². The van der Waals surface area contributed by atoms with E-state index in [2.05, 4.69) is 15.5 Å². The standard InChI is InChI=1S/C25H19N3O/c29-25(24-12-6-8-19-7-4-5-11-23(19)24)17-18-26-20-13-15-22(16-14-20)28-27-21-9-2-1-3-10-21/h1-18,26H/b18-17+,28-27?. The number of hydrogen-bond acceptors (Lipinski definition) is 4. The first-order chi connectivity index (χ1) is 14.3. The summed E-state index contributed by atoms with van der Waals surface area (Å²) in [6.07, 6.45) is 3.20. The van der Waals surface area contributed by atoms with Gasteiger partial charge in [0.1, 0.15) is 0 Å². The highest BCUT2D eigenvalue weighted by atomic mass is 16.1. The molecule has 0 aromatic heterocycles. The smallest absolute Gasteiger partial charge is 0.187 e. The minimum atomic E-state index is -0.0393. The van der Waals surface area contributed by atoms with E-state index in [0.717, 1.165) is 27.8 Å². The maximum Gasteiger partial charge on any atom is 0.187 e. The van der Waals surface area contributed by atoms with Crippen molar-refractivity contribution < 1.29 is 4.79 Å². The van der Waals surface area contributed by atoms with Gasteiger partial charge in [0.15, 0.2) is 5.78 Å². The van der Waals surface area contributed by atoms with Crippen LogP contribution in [0.1, 0.15) is 10.4 Å². The monoisotopic (exact) mass is 377 g/mol. The lowest BCUT2D eigenvalue weighted by Gasteiger charge is -2.03. The zero-order chi connectivity index (χ0) is 19.9. The second kappa shape index (κ2) is 8.76. The second-order valence-corrected chi connectivity index (χ2v) is 6.45. The summed E-state index contributed by atoms with van der Waals surface area (Å²) >= 11 is 0. The molecule has 0 aliphatic rings. The van der Waals surface area contributed by atoms with Crippen LogP contribution in [0.5, 0.6) is 0 Å². The van der Waals surface area contributed by atoms with Gasteiger partial charge in [0.25, 0.3) is 0 Å². The van der Waals surface area contributed by atoms with Gasteiger partial charge in [0.2, 0.25) is 0 Å². The summed E-state index contributed by atoms with van der Waals surface area (Å²) in [7, 11) is 0. The number of carbonyl (C=O) groups is 1. The Kier molecular flexibility index (Phi) is 5.53. The van der Waals surface area contributed by atoms with Crippen LogP contribution < -0.4 is 5.32 Å². The van der Waals surface area contributed by atoms with Gasteiger partial charge in [0.05, 0.1) is 11.4 Å². The molecule has 0 radical (unpaired) electrons. The Bertz CT molecular complexity index is 1170. The molecular formula is C25H19N3O. The van der Waals surface area contributed by atoms with Crippen molar-refractivity contribution >= 4 is 33.6 Å². The van der Waals surface area contributed by atoms with E-state index in [0.29, 0.717) is 5.56 Å². The Morgan fingerprint density at radius 1 is 0.690 bits per heavy atom. The van der Waals surface area contributed by atoms with E-state index in [4.69, 9.17) is 0 Å². The molecule has 4 aromatic rings. The lowest BCUT2D eigenvalue weighted by molar-refractivity contribution is 0.104. The second-order valence-electron chi connectivity index (χ2n) is 6.45. The van der Waals surface area contributed by atoms with Crippen molar-refractivity contribution in [3.63, 3.8) is 0 Å². The topological polar surface area (TPSA) is 53.8 Å². The van der Waals surface area contributed by atoms with Gasteiger partial charge in [0, 0.05) is 23.5 Å². The van der Waals surface area contributed by atoms with E-state index >= 15 is 0 Å². The lowest BCUT2D eigenvalue weighted by atomic mass is 10.0. The number of ketones is 1. The zero-order valence-corrected chi connectivity index (χ0v) is 15.7. The SMILES string of the molecule is O=C(/C=C/Nc1ccc(N=Nc2ccccc2)cc1)c1cccc2ccccc12. The number of anilines is 1. The lowest BCUT2D eigenvalue weighted by Crippen LogP contribution is -1.97. The highest BCUT2D eigenvalue weighted by molar-refractivity contribution is 6.13. The van der Waals surface area contributed by atoms with Crippen molar-refractivity contribution in [1.29, 1.82) is 0 Å². The van der Waals surface area contributed by atoms with Crippen LogP contribution in [0.2, 0.25) is 0 Å². The van der Waals surface area contributed by atoms with Gasteiger partial charge >= 0.3 is 0 Å². The Balaban J connectivity index is 1.40. The normalized spacial score (nSPS) is 11.3. The molecule has 0 amide bonds. The Hall–Kier alpha value is -4.05. The number of allylic oxidation sites excluding steroid dienone is 1. The van der Waals surface area contributed by atoms with Gasteiger partial charge in [-0.3, -0.25) is 4.79 Å². The Morgan fingerprint density at radius 3 is 2.14 bits per heavy atom. The highest BCUT2D eigenvalue weighted by Crippen LogP contribution is 2.21. The molecule has 4 aromatic carbocycles. The number of fused-ring (bicyclic) bond motifs is 1. The van der Waals surface area contributed by atoms with Gasteiger partial charge in [-0.15, -0.1) is 0 Å². The fraction of sp³-hybridized carbons (Fsp3) is 0. The average molecular weight is 377 g/mol. The van der Waals surface area contributed by atoms with Crippen LogP contribution in [0.4, 0.5) is 17.1 Å². The maximum absolute atomic E-state index is 12.6. The minimum absolute atomic E-state index is 0.0393. The van der Waals surface area contributed by atoms with E-state index in [1.807, 2.05) is 97.1 Å². The van der Waals surface area contributed by atoms with Gasteiger partial charge in [-0.2, -0.15) is 10.2 Å². The molecule has 0 unspecified atom stereocenters. The summed E-state index contributed by atoms with van der Waals surface area (Å²) in [4.78, 5) is 12.6. The molecule has 140 valence electrons. The molecule has 1 N–H and O–H groups in total. The van der Waals surface area contributed by atoms with Crippen LogP contribution in [0, 0.1) is 0 Å². The van der Waals surface area contributed by atoms with Crippen LogP contribution >= 0.6 is 0 Å². The molecule has 0 atom stereocenters. The van der Waals surface area contributed by atoms with Crippen LogP contribution in [-0.2, 0) is 0 Å². The van der Waals surface area contributed by atoms with Crippen molar-refractivity contribution in [2.75, 3.05) is 5.32 Å². The molecule has 0 bridgehead atoms. The van der Waals surface area contributed by atoms with E-state index in [1.54, 1.807) is 12.3 Å². The Labute approximate surface area is 169 Å². The molecule has 4 nitrogen and oxygen atoms in total. The van der Waals surface area contributed by atoms with Gasteiger partial charge in [-0.05, 0) is 47.2 Å². The summed E-state index contributed by atoms with van der Waals surface area (Å²) in [6, 6.07) is 30.8. The Morgan fingerprint density at radius 2 is 1.34 bits per heavy atom. The molecule has 0 fully saturated rings. The largest absolute Gasteiger partial charge is 0.362 e. The van der Waals surface area contributed by atoms with E-state index < -0.39 is 0 Å². The number of benzene rings is 4. The predicted molar refractivity (Wildman–Crippen MR) is 118 cm³/mol. The van der Waals surface area contributed by atoms with Gasteiger partial charge in [-0.1, -0.05) is 60.7 Å². The molecule has 29 heavy (non-hydrogen) atoms. The molecule has 0 spiro atoms. The van der Waals surface area contributed by atoms with Gasteiger partial charge in [-0.25, -0.2) is 0 Å². The summed E-state index contributed by atoms with van der Waals surface area (Å²) in [5.74, 6) is -0.0393. The average Bonchev–Trinajstić information content (AvgIpc) is 2.79. The first-order valence-corrected chi connectivity index (χ1v) is 9.32. The fourth-order valence-electron chi connectivity index (χ4n) is 2.98. The molecular weight excluding hydrogens is 358 g/mol. The molecule has 0 saturated carbocycles. The highest BCUT2D eigenvalue weighted by Gasteiger charge is 2.06. The van der Waals surface area contributed by atoms with Crippen LogP contribution in [0.15, 0.2) is 120 Å². The summed E-state index contributed by atoms with van der Waals surface area (Å²) in [6.45, 7) is 0. The van der Waals surface area contributed by atoms with E-state index in [9.17, 15) is 4.79 Å². The number of hydrogen-bond donors (Lipinski definition) is 1. The number of nitrogens with one attached hydrogen (secondary N) is 1. The molecule has 4 rings (SSSR count). The quantitative estimate of drug-likeness (QED) is 0.222. The van der Waals surface area contributed by atoms with Crippen LogP contribution in [-0.4, -0.2) is 5.78 Å². The van der Waals surface area contributed by atoms with Crippen LogP contribution in [0.3, 0.4) is 0 Å². The first kappa shape index (κ1) is 18.3. The number of rotatable bonds is 6.